The molecule has 0 fully saturated rings. The Labute approximate surface area is 448 Å². The van der Waals surface area contributed by atoms with Gasteiger partial charge in [-0.05, 0) is 57.8 Å². The Hall–Kier alpha value is -2.37. The molecule has 0 aliphatic heterocycles. The third-order valence-electron chi connectivity index (χ3n) is 14.4. The van der Waals surface area contributed by atoms with Crippen molar-refractivity contribution in [1.29, 1.82) is 0 Å². The third-order valence-corrected chi connectivity index (χ3v) is 14.4. The molecule has 0 amide bonds. The van der Waals surface area contributed by atoms with Gasteiger partial charge >= 0.3 is 17.9 Å². The molecule has 0 aromatic rings. The van der Waals surface area contributed by atoms with Crippen molar-refractivity contribution < 1.29 is 28.6 Å². The molecule has 0 bridgehead atoms. The Morgan fingerprint density at radius 2 is 0.500 bits per heavy atom. The number of rotatable bonds is 59. The van der Waals surface area contributed by atoms with Gasteiger partial charge in [0.2, 0.25) is 0 Å². The normalized spacial score (nSPS) is 12.2. The van der Waals surface area contributed by atoms with Gasteiger partial charge in [0.15, 0.2) is 6.10 Å². The van der Waals surface area contributed by atoms with Crippen LogP contribution in [0.4, 0.5) is 0 Å². The molecular weight excluding hydrogens is 889 g/mol. The molecule has 0 aromatic carbocycles. The zero-order chi connectivity index (χ0) is 52.2. The molecule has 0 saturated carbocycles. The second kappa shape index (κ2) is 61.2. The number of unbranched alkanes of at least 4 members (excludes halogenated alkanes) is 42. The SMILES string of the molecule is CCCCCCC/C=C\C/C=C\C/C=C\CCCCCCCCCCC(=O)OCC(COC(=O)CCCCCCCCCCC)OC(=O)CCCCCCCCCCCCCCCCCCCCCCCC. The zero-order valence-electron chi connectivity index (χ0n) is 48.5. The minimum atomic E-state index is -0.771. The van der Waals surface area contributed by atoms with E-state index in [2.05, 4.69) is 57.2 Å². The van der Waals surface area contributed by atoms with E-state index in [-0.39, 0.29) is 31.1 Å². The molecule has 72 heavy (non-hydrogen) atoms. The van der Waals surface area contributed by atoms with Crippen LogP contribution in [-0.4, -0.2) is 37.2 Å². The van der Waals surface area contributed by atoms with Crippen molar-refractivity contribution in [2.75, 3.05) is 13.2 Å². The number of carbonyl (C=O) groups is 3. The predicted octanol–water partition coefficient (Wildman–Crippen LogP) is 21.6. The summed E-state index contributed by atoms with van der Waals surface area (Å²) in [7, 11) is 0. The summed E-state index contributed by atoms with van der Waals surface area (Å²) in [6, 6.07) is 0. The molecule has 1 unspecified atom stereocenters. The summed E-state index contributed by atoms with van der Waals surface area (Å²) in [5.41, 5.74) is 0. The Kier molecular flexibility index (Phi) is 59.2. The quantitative estimate of drug-likeness (QED) is 0.0261. The van der Waals surface area contributed by atoms with Gasteiger partial charge in [0.1, 0.15) is 13.2 Å². The van der Waals surface area contributed by atoms with Gasteiger partial charge in [-0.1, -0.05) is 308 Å². The van der Waals surface area contributed by atoms with Crippen molar-refractivity contribution in [2.45, 2.75) is 354 Å². The van der Waals surface area contributed by atoms with E-state index in [0.29, 0.717) is 19.3 Å². The van der Waals surface area contributed by atoms with Crippen LogP contribution in [0.25, 0.3) is 0 Å². The van der Waals surface area contributed by atoms with Crippen molar-refractivity contribution in [3.05, 3.63) is 36.5 Å². The number of allylic oxidation sites excluding steroid dienone is 6. The molecule has 6 nitrogen and oxygen atoms in total. The van der Waals surface area contributed by atoms with E-state index >= 15 is 0 Å². The lowest BCUT2D eigenvalue weighted by Crippen LogP contribution is -2.30. The summed E-state index contributed by atoms with van der Waals surface area (Å²) in [6.07, 6.45) is 74.5. The first-order valence-electron chi connectivity index (χ1n) is 32.0. The minimum absolute atomic E-state index is 0.0697. The van der Waals surface area contributed by atoms with Crippen LogP contribution < -0.4 is 0 Å². The molecule has 0 saturated heterocycles. The largest absolute Gasteiger partial charge is 0.462 e. The maximum absolute atomic E-state index is 12.9. The fourth-order valence-corrected chi connectivity index (χ4v) is 9.57. The van der Waals surface area contributed by atoms with Gasteiger partial charge in [-0.25, -0.2) is 0 Å². The first-order valence-corrected chi connectivity index (χ1v) is 32.0. The standard InChI is InChI=1S/C66H122O6/c1-4-7-10-13-16-19-21-23-25-27-29-31-33-35-36-38-40-42-44-47-50-53-56-59-65(68)71-62-63(61-70-64(67)58-55-52-49-46-18-15-12-9-6-3)72-66(69)60-57-54-51-48-45-43-41-39-37-34-32-30-28-26-24-22-20-17-14-11-8-5-2/h21,23,27,29,33,35,63H,4-20,22,24-26,28,30-32,34,36-62H2,1-3H3/b23-21-,29-27-,35-33-. The summed E-state index contributed by atoms with van der Waals surface area (Å²) in [4.78, 5) is 38.2. The second-order valence-corrected chi connectivity index (χ2v) is 21.7. The van der Waals surface area contributed by atoms with E-state index in [1.807, 2.05) is 0 Å². The molecule has 0 heterocycles. The topological polar surface area (TPSA) is 78.9 Å². The number of hydrogen-bond acceptors (Lipinski definition) is 6. The van der Waals surface area contributed by atoms with Gasteiger partial charge in [-0.3, -0.25) is 14.4 Å². The average Bonchev–Trinajstić information content (AvgIpc) is 3.38. The molecular formula is C66H122O6. The van der Waals surface area contributed by atoms with Crippen LogP contribution in [0.5, 0.6) is 0 Å². The fraction of sp³-hybridized carbons (Fsp3) is 0.864. The van der Waals surface area contributed by atoms with Crippen LogP contribution >= 0.6 is 0 Å². The van der Waals surface area contributed by atoms with Crippen LogP contribution in [0.3, 0.4) is 0 Å². The Balaban J connectivity index is 4.20. The number of ether oxygens (including phenoxy) is 3. The Bertz CT molecular complexity index is 1210. The molecule has 0 spiro atoms. The van der Waals surface area contributed by atoms with Gasteiger partial charge in [-0.15, -0.1) is 0 Å². The third kappa shape index (κ3) is 58.5. The van der Waals surface area contributed by atoms with Crippen molar-refractivity contribution >= 4 is 17.9 Å². The lowest BCUT2D eigenvalue weighted by Gasteiger charge is -2.18. The van der Waals surface area contributed by atoms with Gasteiger partial charge < -0.3 is 14.2 Å². The van der Waals surface area contributed by atoms with Gasteiger partial charge in [0.25, 0.3) is 0 Å². The molecule has 0 radical (unpaired) electrons. The smallest absolute Gasteiger partial charge is 0.306 e. The minimum Gasteiger partial charge on any atom is -0.462 e. The van der Waals surface area contributed by atoms with E-state index in [1.165, 1.54) is 231 Å². The first-order chi connectivity index (χ1) is 35.5. The predicted molar refractivity (Wildman–Crippen MR) is 312 cm³/mol. The molecule has 0 rings (SSSR count). The summed E-state index contributed by atoms with van der Waals surface area (Å²) in [6.45, 7) is 6.66. The van der Waals surface area contributed by atoms with Gasteiger partial charge in [-0.2, -0.15) is 0 Å². The van der Waals surface area contributed by atoms with Crippen LogP contribution in [0.1, 0.15) is 348 Å². The number of esters is 3. The molecule has 0 aromatic heterocycles. The second-order valence-electron chi connectivity index (χ2n) is 21.7. The molecule has 6 heteroatoms. The Morgan fingerprint density at radius 1 is 0.278 bits per heavy atom. The average molecular weight is 1010 g/mol. The van der Waals surface area contributed by atoms with E-state index in [0.717, 1.165) is 77.0 Å². The maximum atomic E-state index is 12.9. The highest BCUT2D eigenvalue weighted by atomic mass is 16.6. The van der Waals surface area contributed by atoms with E-state index in [1.54, 1.807) is 0 Å². The van der Waals surface area contributed by atoms with Crippen molar-refractivity contribution in [2.24, 2.45) is 0 Å². The molecule has 0 aliphatic rings. The molecule has 0 aliphatic carbocycles. The highest BCUT2D eigenvalue weighted by Crippen LogP contribution is 2.18. The lowest BCUT2D eigenvalue weighted by atomic mass is 10.0. The Morgan fingerprint density at radius 3 is 0.778 bits per heavy atom. The van der Waals surface area contributed by atoms with Crippen LogP contribution in [0, 0.1) is 0 Å². The van der Waals surface area contributed by atoms with E-state index < -0.39 is 6.10 Å². The molecule has 0 N–H and O–H groups in total. The van der Waals surface area contributed by atoms with E-state index in [4.69, 9.17) is 14.2 Å². The summed E-state index contributed by atoms with van der Waals surface area (Å²) >= 11 is 0. The van der Waals surface area contributed by atoms with Crippen LogP contribution in [0.15, 0.2) is 36.5 Å². The summed E-state index contributed by atoms with van der Waals surface area (Å²) < 4.78 is 16.9. The van der Waals surface area contributed by atoms with Gasteiger partial charge in [0, 0.05) is 19.3 Å². The highest BCUT2D eigenvalue weighted by Gasteiger charge is 2.19. The maximum Gasteiger partial charge on any atom is 0.306 e. The van der Waals surface area contributed by atoms with Crippen molar-refractivity contribution in [3.8, 4) is 0 Å². The van der Waals surface area contributed by atoms with Crippen molar-refractivity contribution in [3.63, 3.8) is 0 Å². The highest BCUT2D eigenvalue weighted by molar-refractivity contribution is 5.71. The van der Waals surface area contributed by atoms with Crippen LogP contribution in [0.2, 0.25) is 0 Å². The number of hydrogen-bond donors (Lipinski definition) is 0. The summed E-state index contributed by atoms with van der Waals surface area (Å²) in [5, 5.41) is 0. The van der Waals surface area contributed by atoms with Crippen LogP contribution in [-0.2, 0) is 28.6 Å². The zero-order valence-corrected chi connectivity index (χ0v) is 48.5. The fourth-order valence-electron chi connectivity index (χ4n) is 9.57. The lowest BCUT2D eigenvalue weighted by molar-refractivity contribution is -0.167. The molecule has 422 valence electrons. The monoisotopic (exact) mass is 1010 g/mol. The number of carbonyl (C=O) groups excluding carboxylic acids is 3. The molecule has 1 atom stereocenters. The first kappa shape index (κ1) is 69.6. The van der Waals surface area contributed by atoms with Gasteiger partial charge in [0.05, 0.1) is 0 Å². The van der Waals surface area contributed by atoms with Crippen molar-refractivity contribution in [1.82, 2.24) is 0 Å². The summed E-state index contributed by atoms with van der Waals surface area (Å²) in [5.74, 6) is -0.857. The van der Waals surface area contributed by atoms with E-state index in [9.17, 15) is 14.4 Å².